The lowest BCUT2D eigenvalue weighted by Gasteiger charge is -2.25. The molecule has 1 aliphatic rings. The summed E-state index contributed by atoms with van der Waals surface area (Å²) < 4.78 is 0. The van der Waals surface area contributed by atoms with Crippen molar-refractivity contribution < 1.29 is 14.4 Å². The highest BCUT2D eigenvalue weighted by Gasteiger charge is 2.49. The van der Waals surface area contributed by atoms with Gasteiger partial charge in [0.05, 0.1) is 12.2 Å². The fraction of sp³-hybridized carbons (Fsp3) is 0.167. The molecule has 32 heavy (non-hydrogen) atoms. The molecule has 4 rings (SSSR count). The second-order valence-electron chi connectivity index (χ2n) is 7.59. The number of hydrogen-bond acceptors (Lipinski definition) is 4. The van der Waals surface area contributed by atoms with Crippen LogP contribution in [0.4, 0.5) is 10.5 Å². The number of nitrogens with zero attached hydrogens (tertiary/aromatic N) is 3. The van der Waals surface area contributed by atoms with Gasteiger partial charge in [0.15, 0.2) is 0 Å². The van der Waals surface area contributed by atoms with E-state index in [1.165, 1.54) is 4.90 Å². The molecule has 1 N–H and O–H groups in total. The van der Waals surface area contributed by atoms with E-state index in [1.807, 2.05) is 12.1 Å². The van der Waals surface area contributed by atoms with Gasteiger partial charge in [0.1, 0.15) is 12.1 Å². The summed E-state index contributed by atoms with van der Waals surface area (Å²) in [6, 6.07) is 20.5. The van der Waals surface area contributed by atoms with Gasteiger partial charge in [0.2, 0.25) is 5.91 Å². The Morgan fingerprint density at radius 2 is 1.72 bits per heavy atom. The largest absolute Gasteiger partial charge is 0.325 e. The number of benzene rings is 2. The van der Waals surface area contributed by atoms with Crippen LogP contribution in [-0.2, 0) is 21.7 Å². The van der Waals surface area contributed by atoms with Crippen LogP contribution in [0, 0.1) is 0 Å². The van der Waals surface area contributed by atoms with Crippen molar-refractivity contribution in [3.63, 3.8) is 0 Å². The van der Waals surface area contributed by atoms with Crippen molar-refractivity contribution >= 4 is 35.1 Å². The van der Waals surface area contributed by atoms with Crippen LogP contribution in [0.3, 0.4) is 0 Å². The standard InChI is InChI=1S/C24H21ClN4O3/c1-24(17-7-3-2-4-8-17)22(31)29(23(32)27-24)16-21(30)28(15-19-9-5-6-14-26-19)20-12-10-18(25)11-13-20/h2-14H,15-16H2,1H3,(H,27,32). The summed E-state index contributed by atoms with van der Waals surface area (Å²) in [5.41, 5.74) is 0.673. The quantitative estimate of drug-likeness (QED) is 0.582. The van der Waals surface area contributed by atoms with E-state index < -0.39 is 29.9 Å². The van der Waals surface area contributed by atoms with Crippen LogP contribution < -0.4 is 10.2 Å². The third-order valence-electron chi connectivity index (χ3n) is 5.41. The number of nitrogens with one attached hydrogen (secondary N) is 1. The monoisotopic (exact) mass is 448 g/mol. The molecular weight excluding hydrogens is 428 g/mol. The number of carbonyl (C=O) groups excluding carboxylic acids is 3. The minimum absolute atomic E-state index is 0.181. The Hall–Kier alpha value is -3.71. The molecule has 1 fully saturated rings. The zero-order valence-electron chi connectivity index (χ0n) is 17.4. The van der Waals surface area contributed by atoms with Crippen molar-refractivity contribution in [2.75, 3.05) is 11.4 Å². The number of aromatic nitrogens is 1. The number of imide groups is 1. The first kappa shape index (κ1) is 21.5. The van der Waals surface area contributed by atoms with Gasteiger partial charge in [-0.2, -0.15) is 0 Å². The summed E-state index contributed by atoms with van der Waals surface area (Å²) in [5, 5.41) is 3.26. The van der Waals surface area contributed by atoms with Crippen LogP contribution >= 0.6 is 11.6 Å². The molecule has 0 aliphatic carbocycles. The van der Waals surface area contributed by atoms with E-state index in [0.29, 0.717) is 22.0 Å². The average molecular weight is 449 g/mol. The molecule has 1 unspecified atom stereocenters. The van der Waals surface area contributed by atoms with Crippen LogP contribution in [-0.4, -0.2) is 34.3 Å². The predicted molar refractivity (Wildman–Crippen MR) is 121 cm³/mol. The number of amides is 4. The molecule has 0 spiro atoms. The van der Waals surface area contributed by atoms with Gasteiger partial charge >= 0.3 is 6.03 Å². The predicted octanol–water partition coefficient (Wildman–Crippen LogP) is 3.74. The Balaban J connectivity index is 1.59. The molecule has 2 heterocycles. The molecule has 162 valence electrons. The molecule has 1 atom stereocenters. The lowest BCUT2D eigenvalue weighted by atomic mass is 9.92. The van der Waals surface area contributed by atoms with Crippen molar-refractivity contribution in [1.29, 1.82) is 0 Å². The maximum absolute atomic E-state index is 13.3. The lowest BCUT2D eigenvalue weighted by molar-refractivity contribution is -0.134. The summed E-state index contributed by atoms with van der Waals surface area (Å²) in [6.45, 7) is 1.42. The molecule has 8 heteroatoms. The maximum Gasteiger partial charge on any atom is 0.325 e. The van der Waals surface area contributed by atoms with Crippen LogP contribution in [0.1, 0.15) is 18.2 Å². The Kier molecular flexibility index (Phi) is 5.92. The SMILES string of the molecule is CC1(c2ccccc2)NC(=O)N(CC(=O)N(Cc2ccccn2)c2ccc(Cl)cc2)C1=O. The van der Waals surface area contributed by atoms with E-state index in [1.54, 1.807) is 73.8 Å². The maximum atomic E-state index is 13.3. The van der Waals surface area contributed by atoms with Crippen molar-refractivity contribution in [3.8, 4) is 0 Å². The van der Waals surface area contributed by atoms with Crippen molar-refractivity contribution in [1.82, 2.24) is 15.2 Å². The fourth-order valence-corrected chi connectivity index (χ4v) is 3.75. The zero-order chi connectivity index (χ0) is 22.7. The summed E-state index contributed by atoms with van der Waals surface area (Å²) in [6.07, 6.45) is 1.64. The molecule has 3 aromatic rings. The van der Waals surface area contributed by atoms with Crippen molar-refractivity contribution in [2.45, 2.75) is 19.0 Å². The summed E-state index contributed by atoms with van der Waals surface area (Å²) in [4.78, 5) is 45.9. The number of anilines is 1. The van der Waals surface area contributed by atoms with E-state index in [9.17, 15) is 14.4 Å². The molecule has 1 saturated heterocycles. The summed E-state index contributed by atoms with van der Waals surface area (Å²) in [7, 11) is 0. The van der Waals surface area contributed by atoms with Gasteiger partial charge in [-0.1, -0.05) is 48.0 Å². The molecule has 0 radical (unpaired) electrons. The molecule has 0 saturated carbocycles. The van der Waals surface area contributed by atoms with E-state index >= 15 is 0 Å². The number of halogens is 1. The van der Waals surface area contributed by atoms with Crippen molar-refractivity contribution in [3.05, 3.63) is 95.3 Å². The van der Waals surface area contributed by atoms with Crippen LogP contribution in [0.25, 0.3) is 0 Å². The summed E-state index contributed by atoms with van der Waals surface area (Å²) >= 11 is 6.00. The first-order valence-electron chi connectivity index (χ1n) is 10.0. The molecule has 7 nitrogen and oxygen atoms in total. The number of pyridine rings is 1. The lowest BCUT2D eigenvalue weighted by Crippen LogP contribution is -2.44. The van der Waals surface area contributed by atoms with E-state index in [-0.39, 0.29) is 6.54 Å². The smallest absolute Gasteiger partial charge is 0.319 e. The summed E-state index contributed by atoms with van der Waals surface area (Å²) in [5.74, 6) is -0.894. The minimum Gasteiger partial charge on any atom is -0.319 e. The normalized spacial score (nSPS) is 17.9. The molecule has 2 aromatic carbocycles. The van der Waals surface area contributed by atoms with Gasteiger partial charge < -0.3 is 10.2 Å². The molecule has 4 amide bonds. The van der Waals surface area contributed by atoms with Gasteiger partial charge in [-0.3, -0.25) is 19.5 Å². The third kappa shape index (κ3) is 4.20. The van der Waals surface area contributed by atoms with Crippen LogP contribution in [0.2, 0.25) is 5.02 Å². The topological polar surface area (TPSA) is 82.6 Å². The van der Waals surface area contributed by atoms with Gasteiger partial charge in [0, 0.05) is 16.9 Å². The van der Waals surface area contributed by atoms with Crippen molar-refractivity contribution in [2.24, 2.45) is 0 Å². The molecule has 1 aromatic heterocycles. The van der Waals surface area contributed by atoms with Crippen LogP contribution in [0.5, 0.6) is 0 Å². The van der Waals surface area contributed by atoms with Gasteiger partial charge in [-0.15, -0.1) is 0 Å². The van der Waals surface area contributed by atoms with E-state index in [4.69, 9.17) is 11.6 Å². The number of carbonyl (C=O) groups is 3. The van der Waals surface area contributed by atoms with Crippen LogP contribution in [0.15, 0.2) is 79.0 Å². The molecule has 1 aliphatic heterocycles. The highest BCUT2D eigenvalue weighted by atomic mass is 35.5. The van der Waals surface area contributed by atoms with E-state index in [0.717, 1.165) is 4.90 Å². The zero-order valence-corrected chi connectivity index (χ0v) is 18.1. The number of hydrogen-bond donors (Lipinski definition) is 1. The Morgan fingerprint density at radius 3 is 2.38 bits per heavy atom. The second-order valence-corrected chi connectivity index (χ2v) is 8.03. The first-order valence-corrected chi connectivity index (χ1v) is 10.4. The Morgan fingerprint density at radius 1 is 1.03 bits per heavy atom. The highest BCUT2D eigenvalue weighted by Crippen LogP contribution is 2.29. The minimum atomic E-state index is -1.23. The number of urea groups is 1. The van der Waals surface area contributed by atoms with Gasteiger partial charge in [0.25, 0.3) is 5.91 Å². The average Bonchev–Trinajstić information content (AvgIpc) is 3.03. The molecule has 0 bridgehead atoms. The Labute approximate surface area is 190 Å². The molecular formula is C24H21ClN4O3. The van der Waals surface area contributed by atoms with E-state index in [2.05, 4.69) is 10.3 Å². The Bertz CT molecular complexity index is 1140. The first-order chi connectivity index (χ1) is 15.4. The van der Waals surface area contributed by atoms with Gasteiger partial charge in [-0.05, 0) is 48.9 Å². The fourth-order valence-electron chi connectivity index (χ4n) is 3.63. The number of rotatable bonds is 6. The second kappa shape index (κ2) is 8.80. The van der Waals surface area contributed by atoms with Gasteiger partial charge in [-0.25, -0.2) is 4.79 Å². The highest BCUT2D eigenvalue weighted by molar-refractivity contribution is 6.30. The third-order valence-corrected chi connectivity index (χ3v) is 5.66.